The second-order valence-corrected chi connectivity index (χ2v) is 4.27. The molecule has 0 heterocycles. The molecule has 0 atom stereocenters. The SMILES string of the molecule is COc1ccc(NC(=O)C(=O)NC2CC2)c(OC)c1. The van der Waals surface area contributed by atoms with E-state index >= 15 is 0 Å². The second-order valence-electron chi connectivity index (χ2n) is 4.27. The molecule has 1 fully saturated rings. The van der Waals surface area contributed by atoms with Crippen LogP contribution in [0.15, 0.2) is 18.2 Å². The topological polar surface area (TPSA) is 76.7 Å². The van der Waals surface area contributed by atoms with Crippen LogP contribution in [0.5, 0.6) is 11.5 Å². The maximum Gasteiger partial charge on any atom is 0.313 e. The fraction of sp³-hybridized carbons (Fsp3) is 0.385. The van der Waals surface area contributed by atoms with Crippen LogP contribution in [0.1, 0.15) is 12.8 Å². The average Bonchev–Trinajstić information content (AvgIpc) is 3.22. The molecular formula is C13H16N2O4. The maximum absolute atomic E-state index is 11.7. The van der Waals surface area contributed by atoms with E-state index in [1.165, 1.54) is 14.2 Å². The van der Waals surface area contributed by atoms with E-state index in [1.54, 1.807) is 18.2 Å². The molecule has 1 aliphatic carbocycles. The van der Waals surface area contributed by atoms with Crippen LogP contribution in [-0.4, -0.2) is 32.1 Å². The molecule has 1 saturated carbocycles. The van der Waals surface area contributed by atoms with Crippen LogP contribution in [0.4, 0.5) is 5.69 Å². The molecule has 0 aliphatic heterocycles. The molecule has 0 saturated heterocycles. The van der Waals surface area contributed by atoms with Gasteiger partial charge in [0.2, 0.25) is 0 Å². The summed E-state index contributed by atoms with van der Waals surface area (Å²) in [4.78, 5) is 23.2. The number of methoxy groups -OCH3 is 2. The molecule has 0 aromatic heterocycles. The van der Waals surface area contributed by atoms with Crippen molar-refractivity contribution in [3.8, 4) is 11.5 Å². The van der Waals surface area contributed by atoms with Crippen LogP contribution in [-0.2, 0) is 9.59 Å². The summed E-state index contributed by atoms with van der Waals surface area (Å²) in [5, 5.41) is 5.13. The first-order valence-corrected chi connectivity index (χ1v) is 5.98. The van der Waals surface area contributed by atoms with E-state index < -0.39 is 11.8 Å². The van der Waals surface area contributed by atoms with E-state index in [0.717, 1.165) is 12.8 Å². The Balaban J connectivity index is 2.04. The first-order chi connectivity index (χ1) is 9.13. The van der Waals surface area contributed by atoms with Gasteiger partial charge in [-0.15, -0.1) is 0 Å². The first-order valence-electron chi connectivity index (χ1n) is 5.98. The van der Waals surface area contributed by atoms with Crippen LogP contribution in [0, 0.1) is 0 Å². The molecule has 1 aliphatic rings. The lowest BCUT2D eigenvalue weighted by molar-refractivity contribution is -0.136. The molecule has 1 aromatic rings. The Morgan fingerprint density at radius 1 is 1.16 bits per heavy atom. The third-order valence-corrected chi connectivity index (χ3v) is 2.78. The van der Waals surface area contributed by atoms with Gasteiger partial charge in [-0.1, -0.05) is 0 Å². The van der Waals surface area contributed by atoms with E-state index in [1.807, 2.05) is 0 Å². The van der Waals surface area contributed by atoms with Crippen LogP contribution in [0.2, 0.25) is 0 Å². The van der Waals surface area contributed by atoms with E-state index in [2.05, 4.69) is 10.6 Å². The van der Waals surface area contributed by atoms with Gasteiger partial charge in [0, 0.05) is 12.1 Å². The molecule has 6 heteroatoms. The minimum absolute atomic E-state index is 0.149. The summed E-state index contributed by atoms with van der Waals surface area (Å²) >= 11 is 0. The van der Waals surface area contributed by atoms with Crippen molar-refractivity contribution in [1.29, 1.82) is 0 Å². The van der Waals surface area contributed by atoms with Gasteiger partial charge in [-0.3, -0.25) is 9.59 Å². The van der Waals surface area contributed by atoms with Gasteiger partial charge in [-0.05, 0) is 25.0 Å². The van der Waals surface area contributed by atoms with Crippen molar-refractivity contribution in [2.24, 2.45) is 0 Å². The zero-order valence-electron chi connectivity index (χ0n) is 10.9. The number of carbonyl (C=O) groups excluding carboxylic acids is 2. The standard InChI is InChI=1S/C13H16N2O4/c1-18-9-5-6-10(11(7-9)19-2)15-13(17)12(16)14-8-3-4-8/h5-8H,3-4H2,1-2H3,(H,14,16)(H,15,17). The lowest BCUT2D eigenvalue weighted by atomic mass is 10.2. The van der Waals surface area contributed by atoms with Gasteiger partial charge >= 0.3 is 11.8 Å². The summed E-state index contributed by atoms with van der Waals surface area (Å²) in [5.74, 6) is -0.278. The predicted octanol–water partition coefficient (Wildman–Crippen LogP) is 0.921. The number of carbonyl (C=O) groups is 2. The van der Waals surface area contributed by atoms with Gasteiger partial charge in [0.25, 0.3) is 0 Å². The number of hydrogen-bond acceptors (Lipinski definition) is 4. The molecule has 0 spiro atoms. The summed E-state index contributed by atoms with van der Waals surface area (Å²) in [5.41, 5.74) is 0.430. The van der Waals surface area contributed by atoms with Gasteiger partial charge in [0.05, 0.1) is 19.9 Å². The maximum atomic E-state index is 11.7. The molecule has 0 unspecified atom stereocenters. The fourth-order valence-electron chi connectivity index (χ4n) is 1.56. The van der Waals surface area contributed by atoms with Crippen molar-refractivity contribution in [3.05, 3.63) is 18.2 Å². The Bertz CT molecular complexity index is 497. The molecule has 1 aromatic carbocycles. The van der Waals surface area contributed by atoms with E-state index in [4.69, 9.17) is 9.47 Å². The molecule has 2 N–H and O–H groups in total. The average molecular weight is 264 g/mol. The molecule has 0 radical (unpaired) electrons. The lowest BCUT2D eigenvalue weighted by Crippen LogP contribution is -2.36. The second kappa shape index (κ2) is 5.60. The third kappa shape index (κ3) is 3.37. The van der Waals surface area contributed by atoms with Crippen LogP contribution in [0.3, 0.4) is 0 Å². The molecule has 19 heavy (non-hydrogen) atoms. The van der Waals surface area contributed by atoms with E-state index in [0.29, 0.717) is 17.2 Å². The molecule has 6 nitrogen and oxygen atoms in total. The Kier molecular flexibility index (Phi) is 3.89. The van der Waals surface area contributed by atoms with Crippen LogP contribution in [0.25, 0.3) is 0 Å². The summed E-state index contributed by atoms with van der Waals surface area (Å²) in [6, 6.07) is 5.08. The number of amides is 2. The van der Waals surface area contributed by atoms with Gasteiger partial charge in [0.1, 0.15) is 11.5 Å². The molecule has 2 rings (SSSR count). The number of benzene rings is 1. The predicted molar refractivity (Wildman–Crippen MR) is 69.3 cm³/mol. The van der Waals surface area contributed by atoms with Crippen LogP contribution >= 0.6 is 0 Å². The van der Waals surface area contributed by atoms with Gasteiger partial charge < -0.3 is 20.1 Å². The van der Waals surface area contributed by atoms with Crippen molar-refractivity contribution in [1.82, 2.24) is 5.32 Å². The highest BCUT2D eigenvalue weighted by molar-refractivity contribution is 6.39. The summed E-state index contributed by atoms with van der Waals surface area (Å²) in [7, 11) is 3.02. The zero-order chi connectivity index (χ0) is 13.8. The van der Waals surface area contributed by atoms with E-state index in [-0.39, 0.29) is 6.04 Å². The van der Waals surface area contributed by atoms with Crippen molar-refractivity contribution < 1.29 is 19.1 Å². The highest BCUT2D eigenvalue weighted by atomic mass is 16.5. The van der Waals surface area contributed by atoms with Crippen molar-refractivity contribution >= 4 is 17.5 Å². The third-order valence-electron chi connectivity index (χ3n) is 2.78. The highest BCUT2D eigenvalue weighted by Gasteiger charge is 2.26. The number of nitrogens with one attached hydrogen (secondary N) is 2. The number of hydrogen-bond donors (Lipinski definition) is 2. The Morgan fingerprint density at radius 2 is 1.89 bits per heavy atom. The largest absolute Gasteiger partial charge is 0.497 e. The molecule has 0 bridgehead atoms. The molecule has 102 valence electrons. The number of anilines is 1. The molecule has 2 amide bonds. The fourth-order valence-corrected chi connectivity index (χ4v) is 1.56. The highest BCUT2D eigenvalue weighted by Crippen LogP contribution is 2.29. The Hall–Kier alpha value is -2.24. The Labute approximate surface area is 111 Å². The first kappa shape index (κ1) is 13.2. The summed E-state index contributed by atoms with van der Waals surface area (Å²) in [6.45, 7) is 0. The summed E-state index contributed by atoms with van der Waals surface area (Å²) < 4.78 is 10.2. The number of rotatable bonds is 4. The van der Waals surface area contributed by atoms with Crippen molar-refractivity contribution in [2.45, 2.75) is 18.9 Å². The summed E-state index contributed by atoms with van der Waals surface area (Å²) in [6.07, 6.45) is 1.87. The van der Waals surface area contributed by atoms with Gasteiger partial charge in [-0.25, -0.2) is 0 Å². The smallest absolute Gasteiger partial charge is 0.313 e. The van der Waals surface area contributed by atoms with Crippen LogP contribution < -0.4 is 20.1 Å². The van der Waals surface area contributed by atoms with Crippen molar-refractivity contribution in [2.75, 3.05) is 19.5 Å². The zero-order valence-corrected chi connectivity index (χ0v) is 10.9. The monoisotopic (exact) mass is 264 g/mol. The quantitative estimate of drug-likeness (QED) is 0.793. The Morgan fingerprint density at radius 3 is 2.47 bits per heavy atom. The minimum Gasteiger partial charge on any atom is -0.497 e. The van der Waals surface area contributed by atoms with Gasteiger partial charge in [-0.2, -0.15) is 0 Å². The van der Waals surface area contributed by atoms with E-state index in [9.17, 15) is 9.59 Å². The van der Waals surface area contributed by atoms with Gasteiger partial charge in [0.15, 0.2) is 0 Å². The lowest BCUT2D eigenvalue weighted by Gasteiger charge is -2.11. The van der Waals surface area contributed by atoms with Crippen molar-refractivity contribution in [3.63, 3.8) is 0 Å². The molecular weight excluding hydrogens is 248 g/mol. The minimum atomic E-state index is -0.699. The number of ether oxygens (including phenoxy) is 2. The normalized spacial score (nSPS) is 13.6.